The summed E-state index contributed by atoms with van der Waals surface area (Å²) in [5.41, 5.74) is 3.99. The number of benzene rings is 3. The molecule has 0 spiro atoms. The smallest absolute Gasteiger partial charge is 0.280 e. The first-order valence-corrected chi connectivity index (χ1v) is 14.4. The van der Waals surface area contributed by atoms with E-state index in [2.05, 4.69) is 31.2 Å². The number of nitro groups is 1. The van der Waals surface area contributed by atoms with Gasteiger partial charge in [0.05, 0.1) is 15.5 Å². The van der Waals surface area contributed by atoms with Crippen molar-refractivity contribution in [2.24, 2.45) is 5.10 Å². The van der Waals surface area contributed by atoms with Gasteiger partial charge < -0.3 is 0 Å². The van der Waals surface area contributed by atoms with Crippen LogP contribution in [0.5, 0.6) is 0 Å². The van der Waals surface area contributed by atoms with E-state index in [0.29, 0.717) is 10.7 Å². The van der Waals surface area contributed by atoms with Gasteiger partial charge in [-0.05, 0) is 61.0 Å². The standard InChI is InChI=1S/C20H16BrClN4O4S.C2H6OS/c1-13(14-2-4-15(21)5-3-14)23-24-19-11-10-18(12-20(19)26(27)28)31(29,30)25-17-8-6-16(22)7-9-17;1-4(2)3/h2-12,24-25H,1H3;1-2H3/b23-13+;. The third-order valence-corrected chi connectivity index (χ3v) is 6.34. The highest BCUT2D eigenvalue weighted by molar-refractivity contribution is 9.10. The lowest BCUT2D eigenvalue weighted by Gasteiger charge is -2.10. The molecule has 0 aromatic heterocycles. The third-order valence-electron chi connectivity index (χ3n) is 4.18. The van der Waals surface area contributed by atoms with E-state index in [9.17, 15) is 22.7 Å². The molecular weight excluding hydrogens is 580 g/mol. The lowest BCUT2D eigenvalue weighted by Crippen LogP contribution is -2.13. The van der Waals surface area contributed by atoms with Crippen LogP contribution in [0, 0.1) is 10.1 Å². The lowest BCUT2D eigenvalue weighted by molar-refractivity contribution is -0.384. The molecule has 3 aromatic rings. The number of sulfonamides is 1. The minimum Gasteiger partial charge on any atom is -0.280 e. The molecule has 0 saturated carbocycles. The Kier molecular flexibility index (Phi) is 10.4. The summed E-state index contributed by atoms with van der Waals surface area (Å²) in [6.45, 7) is 1.75. The van der Waals surface area contributed by atoms with Gasteiger partial charge in [-0.3, -0.25) is 24.5 Å². The maximum absolute atomic E-state index is 12.6. The van der Waals surface area contributed by atoms with Crippen LogP contribution in [0.4, 0.5) is 17.1 Å². The average molecular weight is 602 g/mol. The number of hydrazone groups is 1. The number of nitrogens with one attached hydrogen (secondary N) is 2. The van der Waals surface area contributed by atoms with Crippen molar-refractivity contribution >= 4 is 71.1 Å². The van der Waals surface area contributed by atoms with E-state index in [1.807, 2.05) is 24.3 Å². The lowest BCUT2D eigenvalue weighted by atomic mass is 10.1. The molecule has 0 unspecified atom stereocenters. The molecule has 0 radical (unpaired) electrons. The summed E-state index contributed by atoms with van der Waals surface area (Å²) >= 11 is 9.15. The van der Waals surface area contributed by atoms with Crippen LogP contribution in [-0.2, 0) is 20.8 Å². The van der Waals surface area contributed by atoms with Crippen LogP contribution in [0.25, 0.3) is 0 Å². The Morgan fingerprint density at radius 2 is 1.63 bits per heavy atom. The van der Waals surface area contributed by atoms with Crippen molar-refractivity contribution < 1.29 is 17.6 Å². The van der Waals surface area contributed by atoms with Crippen LogP contribution in [0.1, 0.15) is 12.5 Å². The summed E-state index contributed by atoms with van der Waals surface area (Å²) in [7, 11) is -4.65. The highest BCUT2D eigenvalue weighted by atomic mass is 79.9. The zero-order chi connectivity index (χ0) is 26.2. The minimum atomic E-state index is -4.04. The molecule has 3 aromatic carbocycles. The van der Waals surface area contributed by atoms with E-state index in [4.69, 9.17) is 11.6 Å². The van der Waals surface area contributed by atoms with Gasteiger partial charge in [0.2, 0.25) is 0 Å². The van der Waals surface area contributed by atoms with Gasteiger partial charge >= 0.3 is 0 Å². The van der Waals surface area contributed by atoms with Crippen molar-refractivity contribution in [1.29, 1.82) is 0 Å². The number of nitrogens with zero attached hydrogens (tertiary/aromatic N) is 2. The second kappa shape index (κ2) is 12.8. The number of hydrogen-bond acceptors (Lipinski definition) is 7. The van der Waals surface area contributed by atoms with E-state index >= 15 is 0 Å². The molecule has 13 heteroatoms. The van der Waals surface area contributed by atoms with Crippen molar-refractivity contribution in [3.05, 3.63) is 91.9 Å². The predicted octanol–water partition coefficient (Wildman–Crippen LogP) is 5.64. The molecule has 0 fully saturated rings. The maximum atomic E-state index is 12.6. The monoisotopic (exact) mass is 600 g/mol. The van der Waals surface area contributed by atoms with Gasteiger partial charge in [0, 0.05) is 44.6 Å². The van der Waals surface area contributed by atoms with Crippen molar-refractivity contribution in [2.75, 3.05) is 22.7 Å². The van der Waals surface area contributed by atoms with Crippen LogP contribution in [0.3, 0.4) is 0 Å². The Hall–Kier alpha value is -2.80. The van der Waals surface area contributed by atoms with Gasteiger partial charge in [0.1, 0.15) is 5.69 Å². The fourth-order valence-corrected chi connectivity index (χ4v) is 4.02. The van der Waals surface area contributed by atoms with Crippen LogP contribution in [-0.4, -0.2) is 35.8 Å². The Labute approximate surface area is 219 Å². The predicted molar refractivity (Wildman–Crippen MR) is 145 cm³/mol. The summed E-state index contributed by atoms with van der Waals surface area (Å²) < 4.78 is 38.1. The third kappa shape index (κ3) is 9.06. The number of hydrogen-bond donors (Lipinski definition) is 2. The van der Waals surface area contributed by atoms with Gasteiger partial charge in [0.25, 0.3) is 15.7 Å². The van der Waals surface area contributed by atoms with Gasteiger partial charge in [-0.15, -0.1) is 0 Å². The highest BCUT2D eigenvalue weighted by Crippen LogP contribution is 2.29. The second-order valence-electron chi connectivity index (χ2n) is 7.11. The Morgan fingerprint density at radius 1 is 1.06 bits per heavy atom. The van der Waals surface area contributed by atoms with E-state index in [0.717, 1.165) is 16.1 Å². The average Bonchev–Trinajstić information content (AvgIpc) is 2.78. The molecule has 0 aliphatic carbocycles. The molecule has 0 bridgehead atoms. The van der Waals surface area contributed by atoms with Crippen molar-refractivity contribution in [2.45, 2.75) is 11.8 Å². The number of anilines is 2. The summed E-state index contributed by atoms with van der Waals surface area (Å²) in [6.07, 6.45) is 3.28. The van der Waals surface area contributed by atoms with E-state index in [1.165, 1.54) is 36.4 Å². The zero-order valence-corrected chi connectivity index (χ0v) is 22.8. The summed E-state index contributed by atoms with van der Waals surface area (Å²) in [4.78, 5) is 10.6. The molecular formula is C22H22BrClN4O5S2. The van der Waals surface area contributed by atoms with Crippen molar-refractivity contribution in [3.8, 4) is 0 Å². The highest BCUT2D eigenvalue weighted by Gasteiger charge is 2.21. The van der Waals surface area contributed by atoms with Crippen molar-refractivity contribution in [3.63, 3.8) is 0 Å². The molecule has 0 saturated heterocycles. The zero-order valence-electron chi connectivity index (χ0n) is 18.9. The van der Waals surface area contributed by atoms with E-state index < -0.39 is 31.4 Å². The van der Waals surface area contributed by atoms with Crippen LogP contribution < -0.4 is 10.1 Å². The fourth-order valence-electron chi connectivity index (χ4n) is 2.56. The van der Waals surface area contributed by atoms with Crippen molar-refractivity contribution in [1.82, 2.24) is 0 Å². The number of halogens is 2. The Morgan fingerprint density at radius 3 is 2.17 bits per heavy atom. The van der Waals surface area contributed by atoms with E-state index in [1.54, 1.807) is 19.4 Å². The first-order chi connectivity index (χ1) is 16.4. The van der Waals surface area contributed by atoms with Gasteiger partial charge in [-0.1, -0.05) is 39.7 Å². The molecule has 0 amide bonds. The molecule has 2 N–H and O–H groups in total. The molecule has 0 aliphatic rings. The quantitative estimate of drug-likeness (QED) is 0.205. The minimum absolute atomic E-state index is 0.0619. The summed E-state index contributed by atoms with van der Waals surface area (Å²) in [6, 6.07) is 17.0. The number of rotatable bonds is 7. The summed E-state index contributed by atoms with van der Waals surface area (Å²) in [5.74, 6) is 0. The molecule has 0 aliphatic heterocycles. The fraction of sp³-hybridized carbons (Fsp3) is 0.136. The second-order valence-corrected chi connectivity index (χ2v) is 11.6. The van der Waals surface area contributed by atoms with Crippen LogP contribution >= 0.6 is 27.5 Å². The first-order valence-electron chi connectivity index (χ1n) is 9.77. The molecule has 186 valence electrons. The van der Waals surface area contributed by atoms with Crippen LogP contribution in [0.2, 0.25) is 5.02 Å². The summed E-state index contributed by atoms with van der Waals surface area (Å²) in [5, 5.41) is 16.2. The van der Waals surface area contributed by atoms with Gasteiger partial charge in [-0.25, -0.2) is 8.42 Å². The number of nitro benzene ring substituents is 1. The molecule has 35 heavy (non-hydrogen) atoms. The van der Waals surface area contributed by atoms with Gasteiger partial charge in [0.15, 0.2) is 0 Å². The van der Waals surface area contributed by atoms with Crippen LogP contribution in [0.15, 0.2) is 81.2 Å². The largest absolute Gasteiger partial charge is 0.295 e. The molecule has 0 heterocycles. The molecule has 0 atom stereocenters. The first kappa shape index (κ1) is 28.4. The maximum Gasteiger partial charge on any atom is 0.295 e. The Balaban J connectivity index is 0.00000100. The van der Waals surface area contributed by atoms with Gasteiger partial charge in [-0.2, -0.15) is 5.10 Å². The Bertz CT molecular complexity index is 1350. The topological polar surface area (TPSA) is 131 Å². The SMILES string of the molecule is C/C(=N\Nc1ccc(S(=O)(=O)Nc2ccc(Cl)cc2)cc1[N+](=O)[O-])c1ccc(Br)cc1.CS(C)=O. The normalized spacial score (nSPS) is 11.4. The van der Waals surface area contributed by atoms with E-state index in [-0.39, 0.29) is 16.3 Å². The molecule has 9 nitrogen and oxygen atoms in total. The molecule has 3 rings (SSSR count).